The second-order valence-electron chi connectivity index (χ2n) is 18.4. The summed E-state index contributed by atoms with van der Waals surface area (Å²) in [6.07, 6.45) is 10.7. The Bertz CT molecular complexity index is 1960. The van der Waals surface area contributed by atoms with Crippen LogP contribution in [0.1, 0.15) is 114 Å². The van der Waals surface area contributed by atoms with Crippen molar-refractivity contribution in [3.8, 4) is 0 Å². The zero-order valence-electron chi connectivity index (χ0n) is 32.9. The molecule has 0 radical (unpaired) electrons. The van der Waals surface area contributed by atoms with Crippen LogP contribution in [0, 0.1) is 11.8 Å². The Balaban J connectivity index is 0.000000148. The Labute approximate surface area is 335 Å². The normalized spacial score (nSPS) is 27.7. The Morgan fingerprint density at radius 3 is 1.76 bits per heavy atom. The van der Waals surface area contributed by atoms with Crippen molar-refractivity contribution < 1.29 is 14.4 Å². The molecule has 54 heavy (non-hydrogen) atoms. The van der Waals surface area contributed by atoms with Gasteiger partial charge in [-0.2, -0.15) is 9.59 Å². The summed E-state index contributed by atoms with van der Waals surface area (Å²) in [5, 5.41) is 8.20. The van der Waals surface area contributed by atoms with Crippen LogP contribution in [0.4, 0.5) is 0 Å². The largest absolute Gasteiger partial charge is 0.373 e. The minimum absolute atomic E-state index is 0. The number of hydrogen-bond donors (Lipinski definition) is 2. The van der Waals surface area contributed by atoms with Crippen LogP contribution < -0.4 is 11.1 Å². The third-order valence-corrected chi connectivity index (χ3v) is 15.3. The van der Waals surface area contributed by atoms with Gasteiger partial charge in [0, 0.05) is 26.5 Å². The molecule has 8 heterocycles. The van der Waals surface area contributed by atoms with Crippen molar-refractivity contribution in [2.45, 2.75) is 127 Å². The first-order valence-corrected chi connectivity index (χ1v) is 21.5. The molecule has 10 heteroatoms. The van der Waals surface area contributed by atoms with E-state index in [1.807, 2.05) is 11.3 Å². The van der Waals surface area contributed by atoms with Crippen molar-refractivity contribution >= 4 is 67.3 Å². The third-order valence-electron chi connectivity index (χ3n) is 13.2. The van der Waals surface area contributed by atoms with E-state index < -0.39 is 0 Å². The molecule has 4 aromatic rings. The van der Waals surface area contributed by atoms with Gasteiger partial charge in [-0.15, -0.1) is 35.1 Å². The van der Waals surface area contributed by atoms with Gasteiger partial charge in [0.25, 0.3) is 5.91 Å². The maximum absolute atomic E-state index is 13.1. The quantitative estimate of drug-likeness (QED) is 0.210. The molecule has 4 bridgehead atoms. The van der Waals surface area contributed by atoms with Crippen molar-refractivity contribution in [3.63, 3.8) is 0 Å². The summed E-state index contributed by atoms with van der Waals surface area (Å²) in [6, 6.07) is 18.2. The maximum atomic E-state index is 13.1. The minimum atomic E-state index is 0. The number of piperidine rings is 6. The van der Waals surface area contributed by atoms with E-state index in [4.69, 9.17) is 15.3 Å². The monoisotopic (exact) mass is 790 g/mol. The second-order valence-corrected chi connectivity index (χ2v) is 20.4. The van der Waals surface area contributed by atoms with Crippen LogP contribution >= 0.6 is 35.1 Å². The molecule has 12 rings (SSSR count). The van der Waals surface area contributed by atoms with Crippen molar-refractivity contribution in [1.29, 1.82) is 0 Å². The Morgan fingerprint density at radius 2 is 1.26 bits per heavy atom. The van der Waals surface area contributed by atoms with Gasteiger partial charge in [-0.25, -0.2) is 0 Å². The summed E-state index contributed by atoms with van der Waals surface area (Å²) in [7, 11) is 0. The fourth-order valence-corrected chi connectivity index (χ4v) is 12.4. The van der Waals surface area contributed by atoms with Crippen molar-refractivity contribution in [1.82, 2.24) is 15.1 Å². The van der Waals surface area contributed by atoms with E-state index in [1.165, 1.54) is 109 Å². The summed E-state index contributed by atoms with van der Waals surface area (Å²) in [4.78, 5) is 35.5. The molecule has 1 amide bonds. The number of carbonyl (C=O) groups excluding carboxylic acids is 3. The first kappa shape index (κ1) is 41.0. The predicted octanol–water partition coefficient (Wildman–Crippen LogP) is 9.16. The molecule has 0 unspecified atom stereocenters. The lowest BCUT2D eigenvalue weighted by Crippen LogP contribution is -2.65. The zero-order chi connectivity index (χ0) is 37.8. The lowest BCUT2D eigenvalue weighted by Gasteiger charge is -2.52. The molecule has 6 saturated heterocycles. The van der Waals surface area contributed by atoms with E-state index in [2.05, 4.69) is 111 Å². The van der Waals surface area contributed by atoms with Gasteiger partial charge in [0.05, 0.1) is 10.9 Å². The van der Waals surface area contributed by atoms with Gasteiger partial charge in [-0.1, -0.05) is 77.9 Å². The first-order valence-electron chi connectivity index (χ1n) is 19.8. The van der Waals surface area contributed by atoms with Gasteiger partial charge in [0.2, 0.25) is 0 Å². The average molecular weight is 792 g/mol. The average Bonchev–Trinajstić information content (AvgIpc) is 4.00. The van der Waals surface area contributed by atoms with E-state index in [9.17, 15) is 4.79 Å². The number of rotatable bonds is 2. The molecule has 2 aromatic carbocycles. The van der Waals surface area contributed by atoms with E-state index in [1.54, 1.807) is 11.3 Å². The predicted molar refractivity (Wildman–Crippen MR) is 225 cm³/mol. The van der Waals surface area contributed by atoms with Gasteiger partial charge in [0.15, 0.2) is 0 Å². The van der Waals surface area contributed by atoms with Crippen LogP contribution in [-0.4, -0.2) is 71.2 Å². The number of nitrogens with one attached hydrogen (secondary N) is 1. The smallest absolute Gasteiger partial charge is 0.346 e. The lowest BCUT2D eigenvalue weighted by atomic mass is 9.77. The first-order chi connectivity index (χ1) is 25.2. The molecule has 8 fully saturated rings. The topological polar surface area (TPSA) is 95.7 Å². The fraction of sp³-hybridized carbons (Fsp3) is 0.591. The molecule has 7 nitrogen and oxygen atoms in total. The zero-order valence-corrected chi connectivity index (χ0v) is 35.4. The second kappa shape index (κ2) is 15.7. The van der Waals surface area contributed by atoms with Crippen LogP contribution in [0.25, 0.3) is 20.2 Å². The number of carbonyl (C=O) groups is 1. The summed E-state index contributed by atoms with van der Waals surface area (Å²) in [6.45, 7) is 18.6. The van der Waals surface area contributed by atoms with E-state index in [-0.39, 0.29) is 35.3 Å². The van der Waals surface area contributed by atoms with Gasteiger partial charge >= 0.3 is 6.15 Å². The number of amides is 1. The molecular formula is C44H59ClN4O3S2. The van der Waals surface area contributed by atoms with Crippen LogP contribution in [0.2, 0.25) is 0 Å². The van der Waals surface area contributed by atoms with Crippen molar-refractivity contribution in [2.24, 2.45) is 17.6 Å². The number of benzene rings is 2. The number of fused-ring (bicyclic) bond motifs is 6. The summed E-state index contributed by atoms with van der Waals surface area (Å²) >= 11 is 3.50. The molecular weight excluding hydrogens is 732 g/mol. The highest BCUT2D eigenvalue weighted by atomic mass is 35.5. The molecule has 2 aliphatic carbocycles. The number of thiophene rings is 2. The number of nitrogens with zero attached hydrogens (tertiary/aromatic N) is 2. The van der Waals surface area contributed by atoms with Gasteiger partial charge < -0.3 is 11.1 Å². The summed E-state index contributed by atoms with van der Waals surface area (Å²) < 4.78 is 2.70. The van der Waals surface area contributed by atoms with Gasteiger partial charge in [-0.05, 0) is 140 Å². The van der Waals surface area contributed by atoms with E-state index in [0.29, 0.717) is 29.1 Å². The lowest BCUT2D eigenvalue weighted by molar-refractivity contribution is -0.191. The summed E-state index contributed by atoms with van der Waals surface area (Å²) in [5.41, 5.74) is 10.2. The molecule has 2 saturated carbocycles. The standard InChI is InChI=1S/C22H28N2OS.C12H14S.C9H16N2.CO2.ClH/c1-21(2,3)16-6-4-5-15-13-17(26-18(15)16)20(25)23-19-14-7-11-24(12-8-14)22(19)9-10-22;1-12(2,3)10-6-4-5-9-7-8-13-11(9)10;10-8-7-1-5-11(6-2-7)9(8)3-4-9;2-1-3;/h4-6,13-14,19H,7-12H2,1-3H3,(H,23,25);4-8H,1-3H3;7-8H,1-6,10H2;;1H/t19-;;8-;;/m1.1../s1. The van der Waals surface area contributed by atoms with Crippen LogP contribution in [0.15, 0.2) is 53.9 Å². The van der Waals surface area contributed by atoms with E-state index >= 15 is 0 Å². The van der Waals surface area contributed by atoms with Gasteiger partial charge in [-0.3, -0.25) is 14.6 Å². The van der Waals surface area contributed by atoms with Gasteiger partial charge in [0.1, 0.15) is 0 Å². The Hall–Kier alpha value is -2.62. The Morgan fingerprint density at radius 1 is 0.759 bits per heavy atom. The van der Waals surface area contributed by atoms with Crippen LogP contribution in [0.3, 0.4) is 0 Å². The van der Waals surface area contributed by atoms with E-state index in [0.717, 1.165) is 10.8 Å². The number of nitrogens with two attached hydrogens (primary N) is 1. The highest BCUT2D eigenvalue weighted by Crippen LogP contribution is 2.54. The molecule has 2 atom stereocenters. The highest BCUT2D eigenvalue weighted by Gasteiger charge is 2.61. The molecule has 6 aliphatic heterocycles. The van der Waals surface area contributed by atoms with Crippen LogP contribution in [-0.2, 0) is 20.4 Å². The number of halogens is 1. The molecule has 2 aromatic heterocycles. The third kappa shape index (κ3) is 7.84. The molecule has 2 spiro atoms. The Kier molecular flexibility index (Phi) is 11.9. The van der Waals surface area contributed by atoms with Crippen molar-refractivity contribution in [3.05, 3.63) is 69.9 Å². The summed E-state index contributed by atoms with van der Waals surface area (Å²) in [5.74, 6) is 1.67. The number of hydrogen-bond acceptors (Lipinski definition) is 8. The SMILES string of the molecule is CC(C)(C)c1cccc2cc(C(=O)N[C@@H]3C4CCN(CC4)C34CC4)sc12.CC(C)(C)c1cccc2ccsc12.Cl.N[C@@H]1C2CCN(CC2)C12CC2.O=C=O. The van der Waals surface area contributed by atoms with Crippen LogP contribution in [0.5, 0.6) is 0 Å². The molecule has 8 aliphatic rings. The maximum Gasteiger partial charge on any atom is 0.373 e. The fourth-order valence-electron chi connectivity index (χ4n) is 10.0. The molecule has 3 N–H and O–H groups in total. The molecule has 292 valence electrons. The minimum Gasteiger partial charge on any atom is -0.346 e. The van der Waals surface area contributed by atoms with Crippen molar-refractivity contribution in [2.75, 3.05) is 26.2 Å². The highest BCUT2D eigenvalue weighted by molar-refractivity contribution is 7.21.